The summed E-state index contributed by atoms with van der Waals surface area (Å²) in [6, 6.07) is 10.7. The van der Waals surface area contributed by atoms with Gasteiger partial charge in [0, 0.05) is 11.3 Å². The predicted molar refractivity (Wildman–Crippen MR) is 120 cm³/mol. The average Bonchev–Trinajstić information content (AvgIpc) is 2.73. The normalized spacial score (nSPS) is 11.6. The van der Waals surface area contributed by atoms with Crippen molar-refractivity contribution in [3.8, 4) is 12.3 Å². The van der Waals surface area contributed by atoms with Crippen molar-refractivity contribution >= 4 is 39.2 Å². The summed E-state index contributed by atoms with van der Waals surface area (Å²) < 4.78 is 32.4. The van der Waals surface area contributed by atoms with Gasteiger partial charge in [0.25, 0.3) is 5.91 Å². The summed E-state index contributed by atoms with van der Waals surface area (Å²) in [5.74, 6) is 0.944. The van der Waals surface area contributed by atoms with Crippen LogP contribution in [0.3, 0.4) is 0 Å². The molecule has 1 amide bonds. The second kappa shape index (κ2) is 10.9. The number of amides is 1. The predicted octanol–water partition coefficient (Wildman–Crippen LogP) is 1.08. The molecule has 11 heteroatoms. The molecule has 0 aliphatic carbocycles. The van der Waals surface area contributed by atoms with Gasteiger partial charge in [-0.1, -0.05) is 18.1 Å². The first-order valence-corrected chi connectivity index (χ1v) is 10.9. The molecule has 0 saturated heterocycles. The monoisotopic (exact) mass is 457 g/mol. The Morgan fingerprint density at radius 1 is 1.19 bits per heavy atom. The Hall–Kier alpha value is -3.88. The van der Waals surface area contributed by atoms with Crippen LogP contribution in [0.15, 0.2) is 58.4 Å². The molecule has 32 heavy (non-hydrogen) atoms. The van der Waals surface area contributed by atoms with Crippen molar-refractivity contribution in [1.82, 2.24) is 4.72 Å². The third-order valence-corrected chi connectivity index (χ3v) is 5.41. The number of nitrogens with two attached hydrogens (primary N) is 2. The molecule has 1 atom stereocenters. The molecule has 0 aromatic heterocycles. The fourth-order valence-corrected chi connectivity index (χ4v) is 3.79. The van der Waals surface area contributed by atoms with Crippen LogP contribution >= 0.6 is 0 Å². The molecule has 6 N–H and O–H groups in total. The lowest BCUT2D eigenvalue weighted by Crippen LogP contribution is -2.35. The third-order valence-electron chi connectivity index (χ3n) is 3.94. The number of nitrogens with zero attached hydrogens (tertiary/aromatic N) is 1. The van der Waals surface area contributed by atoms with E-state index in [1.807, 2.05) is 0 Å². The van der Waals surface area contributed by atoms with Gasteiger partial charge in [0.2, 0.25) is 10.0 Å². The van der Waals surface area contributed by atoms with E-state index < -0.39 is 27.9 Å². The molecule has 2 aromatic rings. The van der Waals surface area contributed by atoms with Gasteiger partial charge in [0.1, 0.15) is 0 Å². The molecule has 2 rings (SSSR count). The minimum absolute atomic E-state index is 0.145. The molecular weight excluding hydrogens is 434 g/mol. The molecule has 0 saturated carbocycles. The van der Waals surface area contributed by atoms with Gasteiger partial charge >= 0.3 is 5.97 Å². The Bertz CT molecular complexity index is 1170. The number of esters is 1. The molecule has 0 spiro atoms. The number of hydrogen-bond acceptors (Lipinski definition) is 6. The van der Waals surface area contributed by atoms with E-state index in [4.69, 9.17) is 22.6 Å². The van der Waals surface area contributed by atoms with Crippen molar-refractivity contribution in [2.45, 2.75) is 24.3 Å². The molecular formula is C21H23N5O5S. The first-order valence-electron chi connectivity index (χ1n) is 9.39. The topological polar surface area (TPSA) is 166 Å². The molecule has 0 aliphatic rings. The summed E-state index contributed by atoms with van der Waals surface area (Å²) in [5.41, 5.74) is 11.6. The summed E-state index contributed by atoms with van der Waals surface area (Å²) in [6.07, 6.45) is 5.03. The van der Waals surface area contributed by atoms with E-state index >= 15 is 0 Å². The number of nitrogens with one attached hydrogen (secondary N) is 2. The van der Waals surface area contributed by atoms with E-state index in [2.05, 4.69) is 21.0 Å². The lowest BCUT2D eigenvalue weighted by Gasteiger charge is -2.14. The highest BCUT2D eigenvalue weighted by atomic mass is 32.2. The lowest BCUT2D eigenvalue weighted by molar-refractivity contribution is -0.143. The van der Waals surface area contributed by atoms with Gasteiger partial charge in [-0.15, -0.1) is 6.42 Å². The largest absolute Gasteiger partial charge is 0.466 e. The van der Waals surface area contributed by atoms with Crippen LogP contribution in [0.25, 0.3) is 0 Å². The molecule has 2 aromatic carbocycles. The Morgan fingerprint density at radius 3 is 2.56 bits per heavy atom. The number of aliphatic imine (C=N–C) groups is 1. The zero-order chi connectivity index (χ0) is 23.7. The summed E-state index contributed by atoms with van der Waals surface area (Å²) in [7, 11) is -4.07. The maximum Gasteiger partial charge on any atom is 0.308 e. The van der Waals surface area contributed by atoms with E-state index in [0.717, 1.165) is 0 Å². The number of hydrogen-bond donors (Lipinski definition) is 4. The minimum Gasteiger partial charge on any atom is -0.466 e. The quantitative estimate of drug-likeness (QED) is 0.189. The van der Waals surface area contributed by atoms with E-state index in [1.54, 1.807) is 25.1 Å². The van der Waals surface area contributed by atoms with E-state index in [0.29, 0.717) is 5.69 Å². The Balaban J connectivity index is 2.17. The number of rotatable bonds is 9. The van der Waals surface area contributed by atoms with Crippen molar-refractivity contribution in [2.24, 2.45) is 16.5 Å². The highest BCUT2D eigenvalue weighted by Crippen LogP contribution is 2.19. The number of ether oxygens (including phenoxy) is 1. The third kappa shape index (κ3) is 7.12. The van der Waals surface area contributed by atoms with Crippen molar-refractivity contribution in [3.05, 3.63) is 54.1 Å². The molecule has 1 unspecified atom stereocenters. The Kier molecular flexibility index (Phi) is 8.34. The van der Waals surface area contributed by atoms with Crippen molar-refractivity contribution in [2.75, 3.05) is 11.9 Å². The molecule has 168 valence electrons. The average molecular weight is 458 g/mol. The lowest BCUT2D eigenvalue weighted by atomic mass is 10.2. The summed E-state index contributed by atoms with van der Waals surface area (Å²) >= 11 is 0. The first-order chi connectivity index (χ1) is 15.1. The Labute approximate surface area is 186 Å². The summed E-state index contributed by atoms with van der Waals surface area (Å²) in [4.78, 5) is 27.9. The second-order valence-electron chi connectivity index (χ2n) is 6.42. The van der Waals surface area contributed by atoms with Crippen LogP contribution in [-0.2, 0) is 19.6 Å². The van der Waals surface area contributed by atoms with Gasteiger partial charge in [-0.05, 0) is 43.3 Å². The molecule has 0 bridgehead atoms. The van der Waals surface area contributed by atoms with Crippen LogP contribution in [-0.4, -0.2) is 38.9 Å². The molecule has 10 nitrogen and oxygen atoms in total. The molecule has 0 radical (unpaired) electrons. The fraction of sp³-hybridized carbons (Fsp3) is 0.190. The van der Waals surface area contributed by atoms with Gasteiger partial charge in [-0.2, -0.15) is 4.72 Å². The van der Waals surface area contributed by atoms with Gasteiger partial charge in [0.05, 0.1) is 29.7 Å². The van der Waals surface area contributed by atoms with Crippen molar-refractivity contribution in [1.29, 1.82) is 0 Å². The zero-order valence-corrected chi connectivity index (χ0v) is 18.1. The minimum atomic E-state index is -4.07. The molecule has 0 fully saturated rings. The van der Waals surface area contributed by atoms with E-state index in [-0.39, 0.29) is 35.1 Å². The zero-order valence-electron chi connectivity index (χ0n) is 17.2. The van der Waals surface area contributed by atoms with Crippen molar-refractivity contribution in [3.63, 3.8) is 0 Å². The number of guanidine groups is 1. The van der Waals surface area contributed by atoms with Gasteiger partial charge < -0.3 is 21.5 Å². The van der Waals surface area contributed by atoms with Crippen LogP contribution < -0.4 is 21.5 Å². The second-order valence-corrected chi connectivity index (χ2v) is 8.13. The van der Waals surface area contributed by atoms with Crippen LogP contribution in [0, 0.1) is 12.3 Å². The Morgan fingerprint density at radius 2 is 1.91 bits per heavy atom. The number of sulfonamides is 1. The standard InChI is InChI=1S/C21H23N5O5S/c1-3-15(13-19(27)31-4-2)26-32(29,30)18-10-6-9-17(12-18)24-20(28)14-7-5-8-16(11-14)25-21(22)23/h1,5-12,15,26H,4,13H2,2H3,(H,24,28)(H4,22,23,25). The van der Waals surface area contributed by atoms with Crippen LogP contribution in [0.4, 0.5) is 11.4 Å². The number of carbonyl (C=O) groups is 2. The maximum atomic E-state index is 12.7. The van der Waals surface area contributed by atoms with Crippen LogP contribution in [0.5, 0.6) is 0 Å². The highest BCUT2D eigenvalue weighted by Gasteiger charge is 2.22. The summed E-state index contributed by atoms with van der Waals surface area (Å²) in [6.45, 7) is 1.78. The van der Waals surface area contributed by atoms with Crippen LogP contribution in [0.1, 0.15) is 23.7 Å². The van der Waals surface area contributed by atoms with Gasteiger partial charge in [0.15, 0.2) is 5.96 Å². The number of carbonyl (C=O) groups excluding carboxylic acids is 2. The molecule has 0 aliphatic heterocycles. The van der Waals surface area contributed by atoms with Gasteiger partial charge in [-0.25, -0.2) is 13.4 Å². The molecule has 0 heterocycles. The number of anilines is 1. The fourth-order valence-electron chi connectivity index (χ4n) is 2.59. The van der Waals surface area contributed by atoms with Crippen molar-refractivity contribution < 1.29 is 22.7 Å². The first kappa shape index (κ1) is 24.4. The smallest absolute Gasteiger partial charge is 0.308 e. The maximum absolute atomic E-state index is 12.7. The summed E-state index contributed by atoms with van der Waals surface area (Å²) in [5, 5.41) is 2.61. The van der Waals surface area contributed by atoms with E-state index in [9.17, 15) is 18.0 Å². The number of terminal acetylenes is 1. The van der Waals surface area contributed by atoms with Gasteiger partial charge in [-0.3, -0.25) is 9.59 Å². The number of benzene rings is 2. The highest BCUT2D eigenvalue weighted by molar-refractivity contribution is 7.89. The van der Waals surface area contributed by atoms with Crippen LogP contribution in [0.2, 0.25) is 0 Å². The SMILES string of the molecule is C#CC(CC(=O)OCC)NS(=O)(=O)c1cccc(NC(=O)c2cccc(N=C(N)N)c2)c1. The van der Waals surface area contributed by atoms with E-state index in [1.165, 1.54) is 30.3 Å².